The van der Waals surface area contributed by atoms with E-state index in [0.29, 0.717) is 11.3 Å². The van der Waals surface area contributed by atoms with Gasteiger partial charge in [-0.05, 0) is 88.8 Å². The number of nitrogens with zero attached hydrogens (tertiary/aromatic N) is 2. The van der Waals surface area contributed by atoms with Gasteiger partial charge in [-0.25, -0.2) is 4.98 Å². The van der Waals surface area contributed by atoms with Crippen LogP contribution in [-0.4, -0.2) is 15.1 Å². The summed E-state index contributed by atoms with van der Waals surface area (Å²) in [6.45, 7) is 6.66. The largest absolute Gasteiger partial charge is 0.507 e. The number of hydrogen-bond acceptors (Lipinski definition) is 4. The van der Waals surface area contributed by atoms with Gasteiger partial charge in [-0.3, -0.25) is 4.98 Å². The van der Waals surface area contributed by atoms with Crippen molar-refractivity contribution >= 4 is 10.8 Å². The monoisotopic (exact) mass is 722 g/mol. The molecule has 0 radical (unpaired) electrons. The number of fused-ring (bicyclic) bond motifs is 4. The fourth-order valence-electron chi connectivity index (χ4n) is 8.45. The normalized spacial score (nSPS) is 12.8. The van der Waals surface area contributed by atoms with E-state index in [1.165, 1.54) is 22.3 Å². The van der Waals surface area contributed by atoms with Crippen molar-refractivity contribution in [2.45, 2.75) is 26.2 Å². The van der Waals surface area contributed by atoms with Gasteiger partial charge in [0, 0.05) is 49.7 Å². The van der Waals surface area contributed by atoms with Crippen molar-refractivity contribution in [3.63, 3.8) is 0 Å². The summed E-state index contributed by atoms with van der Waals surface area (Å²) in [5.41, 5.74) is 15.2. The molecule has 0 atom stereocenters. The summed E-state index contributed by atoms with van der Waals surface area (Å²) in [5, 5.41) is 12.9. The minimum Gasteiger partial charge on any atom is -0.507 e. The van der Waals surface area contributed by atoms with E-state index in [1.807, 2.05) is 49.4 Å². The molecule has 1 N–H and O–H groups in total. The first-order chi connectivity index (χ1) is 27.3. The highest BCUT2D eigenvalue weighted by Gasteiger charge is 2.35. The maximum Gasteiger partial charge on any atom is 0.142 e. The maximum atomic E-state index is 10.8. The Labute approximate surface area is 326 Å². The van der Waals surface area contributed by atoms with Gasteiger partial charge in [-0.15, -0.1) is 0 Å². The number of pyridine rings is 2. The summed E-state index contributed by atoms with van der Waals surface area (Å²) in [6, 6.07) is 58.4. The quantitative estimate of drug-likeness (QED) is 0.186. The second-order valence-corrected chi connectivity index (χ2v) is 15.2. The molecule has 1 aliphatic carbocycles. The molecular formula is C52H38N2O2. The van der Waals surface area contributed by atoms with Crippen LogP contribution < -0.4 is 0 Å². The first-order valence-electron chi connectivity index (χ1n) is 19.0. The molecule has 4 nitrogen and oxygen atoms in total. The lowest BCUT2D eigenvalue weighted by Gasteiger charge is -2.21. The minimum atomic E-state index is -0.109. The molecule has 0 saturated carbocycles. The lowest BCUT2D eigenvalue weighted by atomic mass is 9.82. The second kappa shape index (κ2) is 13.1. The topological polar surface area (TPSA) is 59.2 Å². The van der Waals surface area contributed by atoms with E-state index in [2.05, 4.69) is 135 Å². The van der Waals surface area contributed by atoms with Gasteiger partial charge in [0.05, 0.1) is 17.1 Å². The Morgan fingerprint density at radius 2 is 1.02 bits per heavy atom. The number of para-hydroxylation sites is 1. The summed E-state index contributed by atoms with van der Waals surface area (Å²) in [6.07, 6.45) is 0. The van der Waals surface area contributed by atoms with E-state index < -0.39 is 0 Å². The number of benzene rings is 6. The van der Waals surface area contributed by atoms with Crippen molar-refractivity contribution in [2.24, 2.45) is 0 Å². The molecule has 56 heavy (non-hydrogen) atoms. The van der Waals surface area contributed by atoms with Gasteiger partial charge < -0.3 is 9.52 Å². The van der Waals surface area contributed by atoms with Gasteiger partial charge in [0.1, 0.15) is 17.3 Å². The van der Waals surface area contributed by atoms with E-state index >= 15 is 0 Å². The van der Waals surface area contributed by atoms with Crippen LogP contribution in [0.15, 0.2) is 174 Å². The van der Waals surface area contributed by atoms with Crippen molar-refractivity contribution in [3.8, 4) is 84.4 Å². The number of hydrogen-bond donors (Lipinski definition) is 1. The highest BCUT2D eigenvalue weighted by molar-refractivity contribution is 6.03. The van der Waals surface area contributed by atoms with Crippen molar-refractivity contribution in [1.29, 1.82) is 0 Å². The SMILES string of the molecule is Cc1cc(-c2oc(-c3ccc4c(c3)C(C)(C)c3ccccc3-4)c3ccccc23)cc(-c2cccc(-c3cc(-c4ccccc4)cc(-c4ccccc4O)n3)c2)n1. The molecule has 0 amide bonds. The summed E-state index contributed by atoms with van der Waals surface area (Å²) >= 11 is 0. The summed E-state index contributed by atoms with van der Waals surface area (Å²) in [7, 11) is 0. The predicted molar refractivity (Wildman–Crippen MR) is 228 cm³/mol. The minimum absolute atomic E-state index is 0.109. The fourth-order valence-corrected chi connectivity index (χ4v) is 8.45. The number of phenolic OH excluding ortho intramolecular Hbond substituents is 1. The molecular weight excluding hydrogens is 685 g/mol. The van der Waals surface area contributed by atoms with Crippen LogP contribution in [0.4, 0.5) is 0 Å². The van der Waals surface area contributed by atoms with Crippen LogP contribution >= 0.6 is 0 Å². The Kier molecular flexibility index (Phi) is 7.82. The highest BCUT2D eigenvalue weighted by atomic mass is 16.3. The Morgan fingerprint density at radius 3 is 1.79 bits per heavy atom. The third-order valence-corrected chi connectivity index (χ3v) is 11.2. The molecule has 4 heteroatoms. The van der Waals surface area contributed by atoms with Gasteiger partial charge in [0.2, 0.25) is 0 Å². The van der Waals surface area contributed by atoms with Crippen molar-refractivity contribution in [1.82, 2.24) is 9.97 Å². The highest BCUT2D eigenvalue weighted by Crippen LogP contribution is 2.50. The molecule has 0 aliphatic heterocycles. The number of furan rings is 1. The number of phenols is 1. The average molecular weight is 723 g/mol. The van der Waals surface area contributed by atoms with E-state index in [0.717, 1.165) is 72.8 Å². The number of rotatable bonds is 6. The molecule has 1 aliphatic rings. The van der Waals surface area contributed by atoms with Gasteiger partial charge in [-0.2, -0.15) is 0 Å². The molecule has 9 aromatic rings. The van der Waals surface area contributed by atoms with Crippen LogP contribution in [0.25, 0.3) is 89.4 Å². The zero-order chi connectivity index (χ0) is 38.0. The van der Waals surface area contributed by atoms with E-state index in [-0.39, 0.29) is 11.2 Å². The zero-order valence-corrected chi connectivity index (χ0v) is 31.4. The van der Waals surface area contributed by atoms with Gasteiger partial charge in [-0.1, -0.05) is 135 Å². The van der Waals surface area contributed by atoms with Crippen LogP contribution in [0, 0.1) is 6.92 Å². The molecule has 0 spiro atoms. The number of aromatic hydroxyl groups is 1. The molecule has 0 unspecified atom stereocenters. The van der Waals surface area contributed by atoms with Crippen molar-refractivity contribution in [3.05, 3.63) is 187 Å². The molecule has 6 aromatic carbocycles. The zero-order valence-electron chi connectivity index (χ0n) is 31.4. The molecule has 268 valence electrons. The molecule has 0 bridgehead atoms. The Morgan fingerprint density at radius 1 is 0.429 bits per heavy atom. The fraction of sp³-hybridized carbons (Fsp3) is 0.0769. The van der Waals surface area contributed by atoms with E-state index in [4.69, 9.17) is 14.4 Å². The number of aromatic nitrogens is 2. The molecule has 0 fully saturated rings. The third-order valence-electron chi connectivity index (χ3n) is 11.2. The van der Waals surface area contributed by atoms with Crippen molar-refractivity contribution < 1.29 is 9.52 Å². The van der Waals surface area contributed by atoms with E-state index in [9.17, 15) is 5.11 Å². The second-order valence-electron chi connectivity index (χ2n) is 15.2. The van der Waals surface area contributed by atoms with Gasteiger partial charge >= 0.3 is 0 Å². The number of aryl methyl sites for hydroxylation is 1. The van der Waals surface area contributed by atoms with E-state index in [1.54, 1.807) is 6.07 Å². The Bertz CT molecular complexity index is 2970. The van der Waals surface area contributed by atoms with Crippen LogP contribution in [0.3, 0.4) is 0 Å². The first kappa shape index (κ1) is 33.5. The summed E-state index contributed by atoms with van der Waals surface area (Å²) in [4.78, 5) is 10.1. The van der Waals surface area contributed by atoms with Crippen LogP contribution in [0.5, 0.6) is 5.75 Å². The van der Waals surface area contributed by atoms with Crippen LogP contribution in [-0.2, 0) is 5.41 Å². The van der Waals surface area contributed by atoms with Gasteiger partial charge in [0.25, 0.3) is 0 Å². The predicted octanol–water partition coefficient (Wildman–Crippen LogP) is 13.5. The maximum absolute atomic E-state index is 10.8. The van der Waals surface area contributed by atoms with Crippen LogP contribution in [0.1, 0.15) is 30.7 Å². The molecule has 10 rings (SSSR count). The van der Waals surface area contributed by atoms with Crippen molar-refractivity contribution in [2.75, 3.05) is 0 Å². The average Bonchev–Trinajstić information content (AvgIpc) is 3.73. The first-order valence-corrected chi connectivity index (χ1v) is 19.0. The smallest absolute Gasteiger partial charge is 0.142 e. The van der Waals surface area contributed by atoms with Crippen LogP contribution in [0.2, 0.25) is 0 Å². The van der Waals surface area contributed by atoms with Gasteiger partial charge in [0.15, 0.2) is 0 Å². The lowest BCUT2D eigenvalue weighted by molar-refractivity contribution is 0.477. The Balaban J connectivity index is 1.07. The standard InChI is InChI=1S/C52H38N2O2/c1-32-26-38(51-42-20-8-7-19-41(42)50(56-51)36-24-25-40-39-18-9-11-22-44(39)52(2,3)45(40)28-36)31-46(53-32)34-16-13-17-35(27-34)47-29-37(33-14-5-4-6-15-33)30-48(54-47)43-21-10-12-23-49(43)55/h4-31,55H,1-3H3. The summed E-state index contributed by atoms with van der Waals surface area (Å²) < 4.78 is 6.94. The Hall–Kier alpha value is -7.04. The molecule has 0 saturated heterocycles. The lowest BCUT2D eigenvalue weighted by Crippen LogP contribution is -2.14. The summed E-state index contributed by atoms with van der Waals surface area (Å²) in [5.74, 6) is 1.89. The molecule has 3 aromatic heterocycles. The molecule has 3 heterocycles. The third kappa shape index (κ3) is 5.61.